The standard InChI is InChI=1S/C13H21N3O2S2/c1-19-13-6-4-12(5-7-13)15-20(17,18)16-8-2-3-11(9-14)10-16/h4-7,11,15H,2-3,8-10,14H2,1H3. The number of hydrogen-bond acceptors (Lipinski definition) is 4. The average molecular weight is 315 g/mol. The summed E-state index contributed by atoms with van der Waals surface area (Å²) in [6, 6.07) is 7.38. The smallest absolute Gasteiger partial charge is 0.301 e. The zero-order valence-corrected chi connectivity index (χ0v) is 13.2. The number of nitrogens with one attached hydrogen (secondary N) is 1. The number of nitrogens with two attached hydrogens (primary N) is 1. The third-order valence-corrected chi connectivity index (χ3v) is 5.74. The Morgan fingerprint density at radius 3 is 2.70 bits per heavy atom. The number of thioether (sulfide) groups is 1. The second kappa shape index (κ2) is 6.80. The number of nitrogens with zero attached hydrogens (tertiary/aromatic N) is 1. The van der Waals surface area contributed by atoms with Crippen LogP contribution in [-0.2, 0) is 10.2 Å². The maximum atomic E-state index is 12.3. The maximum absolute atomic E-state index is 12.3. The molecule has 1 heterocycles. The molecule has 1 aliphatic heterocycles. The fourth-order valence-corrected chi connectivity index (χ4v) is 4.06. The Balaban J connectivity index is 2.05. The molecule has 0 saturated carbocycles. The molecule has 1 unspecified atom stereocenters. The lowest BCUT2D eigenvalue weighted by Crippen LogP contribution is -2.44. The van der Waals surface area contributed by atoms with Gasteiger partial charge in [0.25, 0.3) is 0 Å². The normalized spacial score (nSPS) is 20.8. The van der Waals surface area contributed by atoms with Crippen LogP contribution >= 0.6 is 11.8 Å². The Hall–Kier alpha value is -0.760. The van der Waals surface area contributed by atoms with E-state index in [1.54, 1.807) is 23.9 Å². The predicted octanol–water partition coefficient (Wildman–Crippen LogP) is 1.74. The summed E-state index contributed by atoms with van der Waals surface area (Å²) in [5, 5.41) is 0. The summed E-state index contributed by atoms with van der Waals surface area (Å²) < 4.78 is 28.8. The molecule has 0 radical (unpaired) electrons. The summed E-state index contributed by atoms with van der Waals surface area (Å²) >= 11 is 1.63. The molecule has 5 nitrogen and oxygen atoms in total. The van der Waals surface area contributed by atoms with Crippen LogP contribution in [0.3, 0.4) is 0 Å². The van der Waals surface area contributed by atoms with Crippen LogP contribution in [0.2, 0.25) is 0 Å². The molecule has 112 valence electrons. The molecule has 0 spiro atoms. The van der Waals surface area contributed by atoms with Gasteiger partial charge in [0.2, 0.25) is 0 Å². The molecular formula is C13H21N3O2S2. The highest BCUT2D eigenvalue weighted by molar-refractivity contribution is 7.98. The Labute approximate surface area is 125 Å². The first kappa shape index (κ1) is 15.6. The van der Waals surface area contributed by atoms with Crippen molar-refractivity contribution < 1.29 is 8.42 Å². The van der Waals surface area contributed by atoms with E-state index in [0.717, 1.165) is 17.7 Å². The maximum Gasteiger partial charge on any atom is 0.301 e. The molecule has 0 aliphatic carbocycles. The van der Waals surface area contributed by atoms with Gasteiger partial charge in [0, 0.05) is 23.7 Å². The molecule has 0 amide bonds. The highest BCUT2D eigenvalue weighted by atomic mass is 32.2. The van der Waals surface area contributed by atoms with E-state index < -0.39 is 10.2 Å². The van der Waals surface area contributed by atoms with E-state index >= 15 is 0 Å². The van der Waals surface area contributed by atoms with Crippen molar-refractivity contribution in [3.05, 3.63) is 24.3 Å². The first-order valence-electron chi connectivity index (χ1n) is 6.67. The Bertz CT molecular complexity index is 531. The molecule has 7 heteroatoms. The van der Waals surface area contributed by atoms with Gasteiger partial charge < -0.3 is 5.73 Å². The van der Waals surface area contributed by atoms with Crippen LogP contribution < -0.4 is 10.5 Å². The second-order valence-corrected chi connectivity index (χ2v) is 7.49. The third-order valence-electron chi connectivity index (χ3n) is 3.49. The van der Waals surface area contributed by atoms with Gasteiger partial charge in [-0.05, 0) is 55.8 Å². The Kier molecular flexibility index (Phi) is 5.31. The lowest BCUT2D eigenvalue weighted by atomic mass is 10.0. The first-order chi connectivity index (χ1) is 9.55. The summed E-state index contributed by atoms with van der Waals surface area (Å²) in [7, 11) is -3.48. The molecule has 1 fully saturated rings. The summed E-state index contributed by atoms with van der Waals surface area (Å²) in [4.78, 5) is 1.11. The largest absolute Gasteiger partial charge is 0.330 e. The van der Waals surface area contributed by atoms with Gasteiger partial charge in [-0.1, -0.05) is 0 Å². The molecule has 1 atom stereocenters. The fraction of sp³-hybridized carbons (Fsp3) is 0.538. The number of anilines is 1. The van der Waals surface area contributed by atoms with E-state index in [4.69, 9.17) is 5.73 Å². The molecule has 1 saturated heterocycles. The van der Waals surface area contributed by atoms with Crippen LogP contribution in [0.1, 0.15) is 12.8 Å². The van der Waals surface area contributed by atoms with Crippen LogP contribution in [0, 0.1) is 5.92 Å². The van der Waals surface area contributed by atoms with Crippen LogP contribution in [0.5, 0.6) is 0 Å². The van der Waals surface area contributed by atoms with Gasteiger partial charge in [0.15, 0.2) is 0 Å². The fourth-order valence-electron chi connectivity index (χ4n) is 2.31. The quantitative estimate of drug-likeness (QED) is 0.812. The molecule has 3 N–H and O–H groups in total. The molecule has 0 bridgehead atoms. The van der Waals surface area contributed by atoms with Crippen LogP contribution in [0.15, 0.2) is 29.2 Å². The van der Waals surface area contributed by atoms with Crippen LogP contribution in [-0.4, -0.2) is 38.6 Å². The van der Waals surface area contributed by atoms with Gasteiger partial charge >= 0.3 is 10.2 Å². The molecule has 1 aromatic rings. The van der Waals surface area contributed by atoms with E-state index in [1.165, 1.54) is 4.31 Å². The first-order valence-corrected chi connectivity index (χ1v) is 9.33. The topological polar surface area (TPSA) is 75.4 Å². The highest BCUT2D eigenvalue weighted by Gasteiger charge is 2.28. The Morgan fingerprint density at radius 1 is 1.40 bits per heavy atom. The zero-order valence-electron chi connectivity index (χ0n) is 11.6. The van der Waals surface area contributed by atoms with Gasteiger partial charge in [-0.25, -0.2) is 0 Å². The molecular weight excluding hydrogens is 294 g/mol. The summed E-state index contributed by atoms with van der Waals surface area (Å²) in [5.41, 5.74) is 6.24. The second-order valence-electron chi connectivity index (χ2n) is 4.94. The predicted molar refractivity (Wildman–Crippen MR) is 84.1 cm³/mol. The minimum Gasteiger partial charge on any atom is -0.330 e. The van der Waals surface area contributed by atoms with Crippen LogP contribution in [0.25, 0.3) is 0 Å². The molecule has 0 aromatic heterocycles. The number of rotatable bonds is 5. The number of piperidine rings is 1. The molecule has 1 aromatic carbocycles. The van der Waals surface area contributed by atoms with Crippen LogP contribution in [0.4, 0.5) is 5.69 Å². The van der Waals surface area contributed by atoms with Crippen molar-refractivity contribution in [3.8, 4) is 0 Å². The molecule has 20 heavy (non-hydrogen) atoms. The van der Waals surface area contributed by atoms with Crippen molar-refractivity contribution >= 4 is 27.7 Å². The van der Waals surface area contributed by atoms with Crippen molar-refractivity contribution in [1.29, 1.82) is 0 Å². The average Bonchev–Trinajstić information content (AvgIpc) is 2.48. The van der Waals surface area contributed by atoms with Gasteiger partial charge in [0.1, 0.15) is 0 Å². The van der Waals surface area contributed by atoms with E-state index in [9.17, 15) is 8.42 Å². The van der Waals surface area contributed by atoms with Gasteiger partial charge in [0.05, 0.1) is 0 Å². The van der Waals surface area contributed by atoms with E-state index in [0.29, 0.717) is 25.3 Å². The SMILES string of the molecule is CSc1ccc(NS(=O)(=O)N2CCCC(CN)C2)cc1. The third kappa shape index (κ3) is 3.88. The van der Waals surface area contributed by atoms with Crippen molar-refractivity contribution in [3.63, 3.8) is 0 Å². The van der Waals surface area contributed by atoms with Crippen molar-refractivity contribution in [2.75, 3.05) is 30.6 Å². The van der Waals surface area contributed by atoms with Crippen molar-refractivity contribution in [2.24, 2.45) is 11.7 Å². The Morgan fingerprint density at radius 2 is 2.10 bits per heavy atom. The van der Waals surface area contributed by atoms with E-state index in [2.05, 4.69) is 4.72 Å². The minimum absolute atomic E-state index is 0.263. The van der Waals surface area contributed by atoms with E-state index in [-0.39, 0.29) is 5.92 Å². The van der Waals surface area contributed by atoms with Gasteiger partial charge in [-0.2, -0.15) is 12.7 Å². The summed E-state index contributed by atoms with van der Waals surface area (Å²) in [5.74, 6) is 0.263. The highest BCUT2D eigenvalue weighted by Crippen LogP contribution is 2.22. The summed E-state index contributed by atoms with van der Waals surface area (Å²) in [6.45, 7) is 1.61. The molecule has 2 rings (SSSR count). The number of benzene rings is 1. The lowest BCUT2D eigenvalue weighted by molar-refractivity contribution is 0.273. The monoisotopic (exact) mass is 315 g/mol. The zero-order chi connectivity index (χ0) is 14.6. The van der Waals surface area contributed by atoms with Gasteiger partial charge in [-0.3, -0.25) is 4.72 Å². The number of hydrogen-bond donors (Lipinski definition) is 2. The summed E-state index contributed by atoms with van der Waals surface area (Å²) in [6.07, 6.45) is 3.86. The van der Waals surface area contributed by atoms with Crippen molar-refractivity contribution in [2.45, 2.75) is 17.7 Å². The molecule has 1 aliphatic rings. The van der Waals surface area contributed by atoms with Gasteiger partial charge in [-0.15, -0.1) is 11.8 Å². The van der Waals surface area contributed by atoms with E-state index in [1.807, 2.05) is 18.4 Å². The lowest BCUT2D eigenvalue weighted by Gasteiger charge is -2.31. The minimum atomic E-state index is -3.48. The van der Waals surface area contributed by atoms with Crippen molar-refractivity contribution in [1.82, 2.24) is 4.31 Å².